The number of carbonyl (C=O) groups is 1. The summed E-state index contributed by atoms with van der Waals surface area (Å²) < 4.78 is -0.128. The van der Waals surface area contributed by atoms with Gasteiger partial charge in [0.05, 0.1) is 0 Å². The van der Waals surface area contributed by atoms with Crippen molar-refractivity contribution in [1.29, 1.82) is 0 Å². The van der Waals surface area contributed by atoms with Crippen LogP contribution in [0.15, 0.2) is 23.1 Å². The molecule has 0 fully saturated rings. The van der Waals surface area contributed by atoms with Gasteiger partial charge < -0.3 is 0 Å². The van der Waals surface area contributed by atoms with Crippen LogP contribution in [0.25, 0.3) is 0 Å². The third-order valence-electron chi connectivity index (χ3n) is 4.09. The first kappa shape index (κ1) is 15.3. The van der Waals surface area contributed by atoms with Gasteiger partial charge in [0.2, 0.25) is 0 Å². The smallest absolute Gasteiger partial charge is 0.136 e. The average molecular weight is 264 g/mol. The second-order valence-corrected chi connectivity index (χ2v) is 7.73. The first-order valence-electron chi connectivity index (χ1n) is 6.35. The summed E-state index contributed by atoms with van der Waals surface area (Å²) in [4.78, 5) is 13.1. The summed E-state index contributed by atoms with van der Waals surface area (Å²) in [5.74, 6) is 0.241. The van der Waals surface area contributed by atoms with Crippen LogP contribution >= 0.6 is 11.8 Å². The molecule has 0 aliphatic carbocycles. The van der Waals surface area contributed by atoms with Gasteiger partial charge in [-0.3, -0.25) is 4.79 Å². The van der Waals surface area contributed by atoms with E-state index in [0.29, 0.717) is 0 Å². The summed E-state index contributed by atoms with van der Waals surface area (Å²) in [6.45, 7) is 14.3. The van der Waals surface area contributed by atoms with E-state index < -0.39 is 0 Å². The maximum absolute atomic E-state index is 11.8. The SMILES string of the molecule is CC(=O)C(C)(C)C(C)(C)Sc1cc(C)ccc1C. The maximum Gasteiger partial charge on any atom is 0.136 e. The van der Waals surface area contributed by atoms with Gasteiger partial charge in [0, 0.05) is 15.1 Å². The van der Waals surface area contributed by atoms with Crippen LogP contribution in [0.4, 0.5) is 0 Å². The van der Waals surface area contributed by atoms with Gasteiger partial charge in [0.1, 0.15) is 5.78 Å². The molecule has 0 amide bonds. The van der Waals surface area contributed by atoms with Crippen molar-refractivity contribution in [2.45, 2.75) is 58.1 Å². The summed E-state index contributed by atoms with van der Waals surface area (Å²) in [7, 11) is 0. The van der Waals surface area contributed by atoms with Crippen molar-refractivity contribution in [3.05, 3.63) is 29.3 Å². The largest absolute Gasteiger partial charge is 0.299 e. The van der Waals surface area contributed by atoms with Gasteiger partial charge >= 0.3 is 0 Å². The van der Waals surface area contributed by atoms with E-state index in [0.717, 1.165) is 0 Å². The second-order valence-electron chi connectivity index (χ2n) is 6.06. The lowest BCUT2D eigenvalue weighted by Crippen LogP contribution is -2.41. The maximum atomic E-state index is 11.8. The fraction of sp³-hybridized carbons (Fsp3) is 0.562. The highest BCUT2D eigenvalue weighted by molar-refractivity contribution is 8.00. The number of Topliss-reactive ketones (excluding diaryl/α,β-unsaturated/α-hetero) is 1. The zero-order valence-electron chi connectivity index (χ0n) is 12.5. The van der Waals surface area contributed by atoms with Crippen LogP contribution in [0, 0.1) is 19.3 Å². The number of carbonyl (C=O) groups excluding carboxylic acids is 1. The molecular formula is C16H24OS. The van der Waals surface area contributed by atoms with Crippen LogP contribution in [0.3, 0.4) is 0 Å². The molecule has 1 rings (SSSR count). The molecule has 0 saturated heterocycles. The number of thioether (sulfide) groups is 1. The molecule has 2 heteroatoms. The summed E-state index contributed by atoms with van der Waals surface area (Å²) in [5.41, 5.74) is 2.20. The van der Waals surface area contributed by atoms with Crippen LogP contribution in [0.2, 0.25) is 0 Å². The molecule has 1 nitrogen and oxygen atoms in total. The van der Waals surface area contributed by atoms with E-state index in [9.17, 15) is 4.79 Å². The van der Waals surface area contributed by atoms with Crippen LogP contribution < -0.4 is 0 Å². The topological polar surface area (TPSA) is 17.1 Å². The Morgan fingerprint density at radius 1 is 1.11 bits per heavy atom. The fourth-order valence-electron chi connectivity index (χ4n) is 1.64. The Hall–Kier alpha value is -0.760. The number of rotatable bonds is 4. The number of benzene rings is 1. The minimum Gasteiger partial charge on any atom is -0.299 e. The lowest BCUT2D eigenvalue weighted by molar-refractivity contribution is -0.126. The normalized spacial score (nSPS) is 12.6. The minimum absolute atomic E-state index is 0.128. The van der Waals surface area contributed by atoms with Crippen LogP contribution in [0.5, 0.6) is 0 Å². The Balaban J connectivity index is 3.09. The molecule has 0 aliphatic heterocycles. The third kappa shape index (κ3) is 2.97. The van der Waals surface area contributed by atoms with Crippen molar-refractivity contribution in [2.24, 2.45) is 5.41 Å². The highest BCUT2D eigenvalue weighted by Crippen LogP contribution is 2.46. The first-order chi connectivity index (χ1) is 8.08. The van der Waals surface area contributed by atoms with Crippen molar-refractivity contribution in [3.63, 3.8) is 0 Å². The van der Waals surface area contributed by atoms with E-state index in [-0.39, 0.29) is 15.9 Å². The van der Waals surface area contributed by atoms with Crippen molar-refractivity contribution in [3.8, 4) is 0 Å². The van der Waals surface area contributed by atoms with Crippen molar-refractivity contribution >= 4 is 17.5 Å². The summed E-state index contributed by atoms with van der Waals surface area (Å²) in [5, 5.41) is 0. The molecule has 0 atom stereocenters. The predicted octanol–water partition coefficient (Wildman–Crippen LogP) is 4.79. The Morgan fingerprint density at radius 3 is 2.17 bits per heavy atom. The van der Waals surface area contributed by atoms with E-state index in [1.165, 1.54) is 16.0 Å². The van der Waals surface area contributed by atoms with Gasteiger partial charge in [0.15, 0.2) is 0 Å². The lowest BCUT2D eigenvalue weighted by Gasteiger charge is -2.39. The number of hydrogen-bond acceptors (Lipinski definition) is 2. The molecular weight excluding hydrogens is 240 g/mol. The number of hydrogen-bond donors (Lipinski definition) is 0. The summed E-state index contributed by atoms with van der Waals surface area (Å²) in [6, 6.07) is 6.48. The van der Waals surface area contributed by atoms with Gasteiger partial charge in [-0.1, -0.05) is 31.5 Å². The molecule has 18 heavy (non-hydrogen) atoms. The highest BCUT2D eigenvalue weighted by Gasteiger charge is 2.41. The molecule has 0 unspecified atom stereocenters. The molecule has 1 aromatic rings. The fourth-order valence-corrected chi connectivity index (χ4v) is 3.07. The third-order valence-corrected chi connectivity index (χ3v) is 5.77. The highest BCUT2D eigenvalue weighted by atomic mass is 32.2. The van der Waals surface area contributed by atoms with Gasteiger partial charge in [-0.05, 0) is 46.2 Å². The Bertz CT molecular complexity index is 458. The Morgan fingerprint density at radius 2 is 1.67 bits per heavy atom. The summed E-state index contributed by atoms with van der Waals surface area (Å²) in [6.07, 6.45) is 0. The van der Waals surface area contributed by atoms with Gasteiger partial charge in [-0.2, -0.15) is 0 Å². The quantitative estimate of drug-likeness (QED) is 0.727. The Kier molecular flexibility index (Phi) is 4.32. The monoisotopic (exact) mass is 264 g/mol. The number of ketones is 1. The molecule has 100 valence electrons. The molecule has 0 bridgehead atoms. The van der Waals surface area contributed by atoms with Crippen LogP contribution in [-0.2, 0) is 4.79 Å². The van der Waals surface area contributed by atoms with Gasteiger partial charge in [-0.15, -0.1) is 11.8 Å². The van der Waals surface area contributed by atoms with Crippen molar-refractivity contribution in [1.82, 2.24) is 0 Å². The molecule has 0 spiro atoms. The van der Waals surface area contributed by atoms with Crippen LogP contribution in [-0.4, -0.2) is 10.5 Å². The van der Waals surface area contributed by atoms with E-state index in [1.807, 2.05) is 13.8 Å². The van der Waals surface area contributed by atoms with Gasteiger partial charge in [-0.25, -0.2) is 0 Å². The summed E-state index contributed by atoms with van der Waals surface area (Å²) >= 11 is 1.80. The molecule has 0 saturated carbocycles. The van der Waals surface area contributed by atoms with Crippen molar-refractivity contribution < 1.29 is 4.79 Å². The molecule has 0 N–H and O–H groups in total. The van der Waals surface area contributed by atoms with Gasteiger partial charge in [0.25, 0.3) is 0 Å². The molecule has 0 aromatic heterocycles. The average Bonchev–Trinajstić information content (AvgIpc) is 2.22. The zero-order valence-corrected chi connectivity index (χ0v) is 13.4. The van der Waals surface area contributed by atoms with Crippen molar-refractivity contribution in [2.75, 3.05) is 0 Å². The Labute approximate surface area is 115 Å². The standard InChI is InChI=1S/C16H24OS/c1-11-8-9-12(2)14(10-11)18-16(6,7)15(4,5)13(3)17/h8-10H,1-7H3. The predicted molar refractivity (Wildman–Crippen MR) is 80.3 cm³/mol. The first-order valence-corrected chi connectivity index (χ1v) is 7.17. The minimum atomic E-state index is -0.339. The molecule has 0 radical (unpaired) electrons. The second kappa shape index (κ2) is 5.08. The van der Waals surface area contributed by atoms with E-state index in [4.69, 9.17) is 0 Å². The molecule has 0 heterocycles. The van der Waals surface area contributed by atoms with Crippen LogP contribution in [0.1, 0.15) is 45.7 Å². The van der Waals surface area contributed by atoms with E-state index in [1.54, 1.807) is 18.7 Å². The van der Waals surface area contributed by atoms with E-state index in [2.05, 4.69) is 45.9 Å². The molecule has 1 aromatic carbocycles. The lowest BCUT2D eigenvalue weighted by atomic mass is 9.77. The zero-order chi connectivity index (χ0) is 14.1. The van der Waals surface area contributed by atoms with E-state index >= 15 is 0 Å². The number of aryl methyl sites for hydroxylation is 2. The molecule has 0 aliphatic rings.